The molecule has 1 aliphatic carbocycles. The summed E-state index contributed by atoms with van der Waals surface area (Å²) >= 11 is 0. The number of aliphatic hydroxyl groups is 1. The van der Waals surface area contributed by atoms with E-state index >= 15 is 0 Å². The summed E-state index contributed by atoms with van der Waals surface area (Å²) < 4.78 is 1.18. The molecule has 29 heavy (non-hydrogen) atoms. The molecule has 2 amide bonds. The summed E-state index contributed by atoms with van der Waals surface area (Å²) in [6, 6.07) is 4.93. The van der Waals surface area contributed by atoms with Crippen LogP contribution in [0.25, 0.3) is 0 Å². The Labute approximate surface area is 168 Å². The van der Waals surface area contributed by atoms with Gasteiger partial charge >= 0.3 is 5.69 Å². The summed E-state index contributed by atoms with van der Waals surface area (Å²) in [4.78, 5) is 43.8. The second-order valence-electron chi connectivity index (χ2n) is 7.20. The molecule has 0 saturated heterocycles. The number of hydrogen-bond acceptors (Lipinski definition) is 6. The highest BCUT2D eigenvalue weighted by atomic mass is 16.3. The zero-order valence-corrected chi connectivity index (χ0v) is 16.0. The number of aryl methyl sites for hydroxylation is 1. The highest BCUT2D eigenvalue weighted by Crippen LogP contribution is 2.26. The molecule has 0 bridgehead atoms. The summed E-state index contributed by atoms with van der Waals surface area (Å²) in [5.74, 6) is -0.869. The van der Waals surface area contributed by atoms with Gasteiger partial charge in [-0.2, -0.15) is 0 Å². The van der Waals surface area contributed by atoms with E-state index in [-0.39, 0.29) is 18.4 Å². The van der Waals surface area contributed by atoms with Gasteiger partial charge in [0.15, 0.2) is 0 Å². The Balaban J connectivity index is 1.41. The van der Waals surface area contributed by atoms with Crippen molar-refractivity contribution in [2.75, 3.05) is 6.54 Å². The van der Waals surface area contributed by atoms with Crippen LogP contribution in [0.5, 0.6) is 0 Å². The summed E-state index contributed by atoms with van der Waals surface area (Å²) in [6.07, 6.45) is 7.86. The van der Waals surface area contributed by atoms with Crippen LogP contribution in [0.2, 0.25) is 0 Å². The van der Waals surface area contributed by atoms with Gasteiger partial charge in [-0.1, -0.05) is 6.07 Å². The van der Waals surface area contributed by atoms with Crippen molar-refractivity contribution in [1.82, 2.24) is 25.2 Å². The highest BCUT2D eigenvalue weighted by Gasteiger charge is 2.37. The molecule has 1 fully saturated rings. The Morgan fingerprint density at radius 2 is 2.10 bits per heavy atom. The summed E-state index contributed by atoms with van der Waals surface area (Å²) in [6.45, 7) is 0.363. The van der Waals surface area contributed by atoms with E-state index in [1.807, 2.05) is 18.3 Å². The van der Waals surface area contributed by atoms with Crippen LogP contribution >= 0.6 is 0 Å². The van der Waals surface area contributed by atoms with Crippen molar-refractivity contribution in [2.45, 2.75) is 44.4 Å². The van der Waals surface area contributed by atoms with Crippen LogP contribution in [0.1, 0.15) is 24.8 Å². The summed E-state index contributed by atoms with van der Waals surface area (Å²) in [7, 11) is 0. The predicted molar refractivity (Wildman–Crippen MR) is 105 cm³/mol. The summed E-state index contributed by atoms with van der Waals surface area (Å²) in [5.41, 5.74) is 0.603. The zero-order valence-electron chi connectivity index (χ0n) is 16.0. The van der Waals surface area contributed by atoms with Gasteiger partial charge in [0.05, 0.1) is 12.1 Å². The molecule has 154 valence electrons. The van der Waals surface area contributed by atoms with E-state index in [9.17, 15) is 19.5 Å². The fourth-order valence-corrected chi connectivity index (χ4v) is 3.49. The highest BCUT2D eigenvalue weighted by molar-refractivity contribution is 5.80. The minimum absolute atomic E-state index is 0.115. The normalized spacial score (nSPS) is 20.9. The minimum Gasteiger partial charge on any atom is -0.391 e. The smallest absolute Gasteiger partial charge is 0.347 e. The molecule has 2 aromatic heterocycles. The van der Waals surface area contributed by atoms with E-state index in [0.717, 1.165) is 18.4 Å². The first-order valence-electron chi connectivity index (χ1n) is 9.68. The van der Waals surface area contributed by atoms with E-state index in [2.05, 4.69) is 20.6 Å². The van der Waals surface area contributed by atoms with Crippen LogP contribution in [0.3, 0.4) is 0 Å². The van der Waals surface area contributed by atoms with Crippen LogP contribution in [0.15, 0.2) is 47.8 Å². The molecular weight excluding hydrogens is 374 g/mol. The van der Waals surface area contributed by atoms with Gasteiger partial charge in [-0.25, -0.2) is 9.78 Å². The molecule has 0 spiro atoms. The molecule has 9 heteroatoms. The standard InChI is InChI=1S/C20H25N5O4/c26-17-11-15(19(28)22-7-2-5-14-4-1-6-21-12-14)10-16(17)24-18(27)13-25-9-3-8-23-20(25)29/h1,3-4,6,8-9,12,15-17,26H,2,5,7,10-11,13H2,(H,22,28)(H,24,27)/t15-,16+,17+/m0/s1. The fourth-order valence-electron chi connectivity index (χ4n) is 3.49. The molecule has 3 rings (SSSR count). The number of amides is 2. The number of carbonyl (C=O) groups is 2. The van der Waals surface area contributed by atoms with Crippen molar-refractivity contribution in [3.05, 3.63) is 59.0 Å². The first kappa shape index (κ1) is 20.7. The average Bonchev–Trinajstić information content (AvgIpc) is 3.08. The van der Waals surface area contributed by atoms with Crippen molar-refractivity contribution in [3.8, 4) is 0 Å². The molecule has 0 unspecified atom stereocenters. The Morgan fingerprint density at radius 1 is 1.24 bits per heavy atom. The van der Waals surface area contributed by atoms with Gasteiger partial charge in [0.25, 0.3) is 0 Å². The zero-order chi connectivity index (χ0) is 20.6. The van der Waals surface area contributed by atoms with Gasteiger partial charge in [0, 0.05) is 37.3 Å². The second-order valence-corrected chi connectivity index (χ2v) is 7.20. The van der Waals surface area contributed by atoms with Crippen LogP contribution in [0.4, 0.5) is 0 Å². The van der Waals surface area contributed by atoms with Crippen molar-refractivity contribution < 1.29 is 14.7 Å². The molecule has 2 aromatic rings. The Hall–Kier alpha value is -3.07. The molecule has 2 heterocycles. The van der Waals surface area contributed by atoms with Gasteiger partial charge in [0.2, 0.25) is 11.8 Å². The SMILES string of the molecule is O=C(Cn1cccnc1=O)N[C@@H]1C[C@H](C(=O)NCCCc2cccnc2)C[C@H]1O. The number of rotatable bonds is 8. The van der Waals surface area contributed by atoms with E-state index < -0.39 is 23.7 Å². The van der Waals surface area contributed by atoms with Crippen molar-refractivity contribution >= 4 is 11.8 Å². The van der Waals surface area contributed by atoms with E-state index in [1.165, 1.54) is 17.0 Å². The first-order valence-corrected chi connectivity index (χ1v) is 9.68. The molecule has 0 aromatic carbocycles. The van der Waals surface area contributed by atoms with Crippen LogP contribution in [-0.2, 0) is 22.6 Å². The Morgan fingerprint density at radius 3 is 2.86 bits per heavy atom. The van der Waals surface area contributed by atoms with Gasteiger partial charge < -0.3 is 15.7 Å². The number of nitrogens with one attached hydrogen (secondary N) is 2. The van der Waals surface area contributed by atoms with Crippen molar-refractivity contribution in [2.24, 2.45) is 5.92 Å². The van der Waals surface area contributed by atoms with E-state index in [1.54, 1.807) is 12.3 Å². The van der Waals surface area contributed by atoms with Gasteiger partial charge in [0.1, 0.15) is 6.54 Å². The molecule has 1 aliphatic rings. The molecular formula is C20H25N5O4. The number of carbonyl (C=O) groups excluding carboxylic acids is 2. The Bertz CT molecular complexity index is 886. The maximum atomic E-state index is 12.4. The topological polar surface area (TPSA) is 126 Å². The van der Waals surface area contributed by atoms with Crippen molar-refractivity contribution in [3.63, 3.8) is 0 Å². The number of aliphatic hydroxyl groups excluding tert-OH is 1. The monoisotopic (exact) mass is 399 g/mol. The van der Waals surface area contributed by atoms with Crippen LogP contribution in [-0.4, -0.2) is 50.1 Å². The number of pyridine rings is 1. The lowest BCUT2D eigenvalue weighted by atomic mass is 10.1. The van der Waals surface area contributed by atoms with E-state index in [4.69, 9.17) is 0 Å². The summed E-state index contributed by atoms with van der Waals surface area (Å²) in [5, 5.41) is 15.8. The van der Waals surface area contributed by atoms with Gasteiger partial charge in [-0.05, 0) is 43.4 Å². The third kappa shape index (κ3) is 5.95. The maximum absolute atomic E-state index is 12.4. The number of aromatic nitrogens is 3. The Kier molecular flexibility index (Phi) is 7.07. The fraction of sp³-hybridized carbons (Fsp3) is 0.450. The molecule has 0 aliphatic heterocycles. The van der Waals surface area contributed by atoms with Crippen LogP contribution in [0, 0.1) is 5.92 Å². The second kappa shape index (κ2) is 9.92. The quantitative estimate of drug-likeness (QED) is 0.521. The molecule has 3 N–H and O–H groups in total. The average molecular weight is 399 g/mol. The first-order chi connectivity index (χ1) is 14.0. The lowest BCUT2D eigenvalue weighted by Crippen LogP contribution is -2.42. The minimum atomic E-state index is -0.796. The molecule has 1 saturated carbocycles. The van der Waals surface area contributed by atoms with E-state index in [0.29, 0.717) is 19.4 Å². The molecule has 0 radical (unpaired) electrons. The largest absolute Gasteiger partial charge is 0.391 e. The molecule has 3 atom stereocenters. The van der Waals surface area contributed by atoms with Gasteiger partial charge in [-0.15, -0.1) is 0 Å². The lowest BCUT2D eigenvalue weighted by Gasteiger charge is -2.16. The van der Waals surface area contributed by atoms with Crippen molar-refractivity contribution in [1.29, 1.82) is 0 Å². The number of nitrogens with zero attached hydrogens (tertiary/aromatic N) is 3. The molecule has 9 nitrogen and oxygen atoms in total. The number of hydrogen-bond donors (Lipinski definition) is 3. The maximum Gasteiger partial charge on any atom is 0.347 e. The lowest BCUT2D eigenvalue weighted by molar-refractivity contribution is -0.125. The van der Waals surface area contributed by atoms with Crippen LogP contribution < -0.4 is 16.3 Å². The third-order valence-electron chi connectivity index (χ3n) is 5.01. The predicted octanol–water partition coefficient (Wildman–Crippen LogP) is -0.357. The third-order valence-corrected chi connectivity index (χ3v) is 5.01. The van der Waals surface area contributed by atoms with Gasteiger partial charge in [-0.3, -0.25) is 19.1 Å².